The summed E-state index contributed by atoms with van der Waals surface area (Å²) in [5.74, 6) is 1.64. The summed E-state index contributed by atoms with van der Waals surface area (Å²) in [6.45, 7) is 9.65. The summed E-state index contributed by atoms with van der Waals surface area (Å²) in [5.41, 5.74) is 0.971. The van der Waals surface area contributed by atoms with Gasteiger partial charge in [-0.2, -0.15) is 0 Å². The Hall–Kier alpha value is -1.33. The van der Waals surface area contributed by atoms with Crippen LogP contribution in [0.2, 0.25) is 0 Å². The maximum absolute atomic E-state index is 5.68. The highest BCUT2D eigenvalue weighted by atomic mass is 31.0. The van der Waals surface area contributed by atoms with Crippen LogP contribution in [0.4, 0.5) is 0 Å². The van der Waals surface area contributed by atoms with Crippen molar-refractivity contribution in [2.45, 2.75) is 13.8 Å². The number of hydrogen-bond donors (Lipinski definition) is 0. The number of benzene rings is 1. The standard InChI is InChI=1S/C14H16O.CH5P/c1-4-8-14(11-12(2)3)15-13-9-6-5-7-10-13;1-2/h4-11H,2H2,1,3H3;2H2,1H3/b8-4-,14-11+;. The third-order valence-electron chi connectivity index (χ3n) is 1.70. The average Bonchev–Trinajstić information content (AvgIpc) is 2.32. The van der Waals surface area contributed by atoms with Gasteiger partial charge in [-0.3, -0.25) is 0 Å². The second kappa shape index (κ2) is 9.86. The SMILES string of the molecule is C=C(C)/C=C(\C=C/C)Oc1ccccc1.CP. The molecular weight excluding hydrogens is 227 g/mol. The summed E-state index contributed by atoms with van der Waals surface area (Å²) in [6.07, 6.45) is 5.77. The van der Waals surface area contributed by atoms with Gasteiger partial charge in [0, 0.05) is 0 Å². The smallest absolute Gasteiger partial charge is 0.127 e. The normalized spacial score (nSPS) is 10.7. The van der Waals surface area contributed by atoms with E-state index in [1.54, 1.807) is 0 Å². The van der Waals surface area contributed by atoms with Gasteiger partial charge in [-0.15, -0.1) is 9.24 Å². The fourth-order valence-electron chi connectivity index (χ4n) is 1.14. The predicted molar refractivity (Wildman–Crippen MR) is 80.4 cm³/mol. The fourth-order valence-corrected chi connectivity index (χ4v) is 1.14. The van der Waals surface area contributed by atoms with Crippen molar-refractivity contribution >= 4 is 9.24 Å². The van der Waals surface area contributed by atoms with Crippen molar-refractivity contribution in [3.05, 3.63) is 66.5 Å². The molecule has 1 unspecified atom stereocenters. The molecule has 0 aliphatic carbocycles. The largest absolute Gasteiger partial charge is 0.457 e. The summed E-state index contributed by atoms with van der Waals surface area (Å²) in [4.78, 5) is 0. The van der Waals surface area contributed by atoms with Crippen molar-refractivity contribution in [2.75, 3.05) is 6.66 Å². The Kier molecular flexibility index (Phi) is 9.09. The summed E-state index contributed by atoms with van der Waals surface area (Å²) in [7, 11) is 2.42. The fraction of sp³-hybridized carbons (Fsp3) is 0.200. The zero-order valence-electron chi connectivity index (χ0n) is 10.8. The second-order valence-corrected chi connectivity index (χ2v) is 3.31. The molecular formula is C15H21OP. The molecule has 0 bridgehead atoms. The van der Waals surface area contributed by atoms with E-state index in [1.807, 2.05) is 69.1 Å². The van der Waals surface area contributed by atoms with Crippen molar-refractivity contribution in [1.29, 1.82) is 0 Å². The van der Waals surface area contributed by atoms with E-state index < -0.39 is 0 Å². The first kappa shape index (κ1) is 15.7. The second-order valence-electron chi connectivity index (χ2n) is 3.31. The molecule has 1 aromatic carbocycles. The van der Waals surface area contributed by atoms with Crippen LogP contribution in [0.15, 0.2) is 66.5 Å². The molecule has 1 nitrogen and oxygen atoms in total. The van der Waals surface area contributed by atoms with Gasteiger partial charge in [-0.05, 0) is 38.1 Å². The van der Waals surface area contributed by atoms with Crippen LogP contribution in [0, 0.1) is 0 Å². The molecule has 0 amide bonds. The average molecular weight is 248 g/mol. The number of hydrogen-bond acceptors (Lipinski definition) is 1. The molecule has 0 N–H and O–H groups in total. The van der Waals surface area contributed by atoms with Gasteiger partial charge in [0.05, 0.1) is 0 Å². The van der Waals surface area contributed by atoms with Gasteiger partial charge in [-0.1, -0.05) is 43.1 Å². The van der Waals surface area contributed by atoms with Crippen molar-refractivity contribution < 1.29 is 4.74 Å². The highest BCUT2D eigenvalue weighted by Crippen LogP contribution is 2.14. The summed E-state index contributed by atoms with van der Waals surface area (Å²) in [6, 6.07) is 9.71. The van der Waals surface area contributed by atoms with Gasteiger partial charge < -0.3 is 4.74 Å². The zero-order valence-corrected chi connectivity index (χ0v) is 12.0. The van der Waals surface area contributed by atoms with Crippen LogP contribution >= 0.6 is 9.24 Å². The van der Waals surface area contributed by atoms with Crippen LogP contribution < -0.4 is 4.74 Å². The third-order valence-corrected chi connectivity index (χ3v) is 1.70. The van der Waals surface area contributed by atoms with E-state index in [0.717, 1.165) is 17.1 Å². The number of para-hydroxylation sites is 1. The van der Waals surface area contributed by atoms with E-state index in [0.29, 0.717) is 0 Å². The van der Waals surface area contributed by atoms with Gasteiger partial charge in [-0.25, -0.2) is 0 Å². The molecule has 0 heterocycles. The summed E-state index contributed by atoms with van der Waals surface area (Å²) < 4.78 is 5.68. The molecule has 2 heteroatoms. The molecule has 17 heavy (non-hydrogen) atoms. The molecule has 0 radical (unpaired) electrons. The van der Waals surface area contributed by atoms with Crippen LogP contribution in [-0.4, -0.2) is 6.66 Å². The Morgan fingerprint density at radius 2 is 1.82 bits per heavy atom. The Labute approximate surface area is 107 Å². The Morgan fingerprint density at radius 1 is 1.24 bits per heavy atom. The van der Waals surface area contributed by atoms with Crippen molar-refractivity contribution in [2.24, 2.45) is 0 Å². The topological polar surface area (TPSA) is 9.23 Å². The molecule has 92 valence electrons. The van der Waals surface area contributed by atoms with Crippen LogP contribution in [0.3, 0.4) is 0 Å². The van der Waals surface area contributed by atoms with Crippen LogP contribution in [0.25, 0.3) is 0 Å². The molecule has 1 aromatic rings. The maximum atomic E-state index is 5.68. The Bertz CT molecular complexity index is 377. The first-order chi connectivity index (χ1) is 8.22. The van der Waals surface area contributed by atoms with Crippen LogP contribution in [-0.2, 0) is 0 Å². The zero-order chi connectivity index (χ0) is 13.1. The third kappa shape index (κ3) is 7.54. The lowest BCUT2D eigenvalue weighted by Crippen LogP contribution is -1.92. The maximum Gasteiger partial charge on any atom is 0.127 e. The van der Waals surface area contributed by atoms with Crippen molar-refractivity contribution in [1.82, 2.24) is 0 Å². The van der Waals surface area contributed by atoms with Gasteiger partial charge in [0.2, 0.25) is 0 Å². The first-order valence-corrected chi connectivity index (χ1v) is 6.68. The van der Waals surface area contributed by atoms with E-state index in [-0.39, 0.29) is 0 Å². The molecule has 0 aliphatic rings. The highest BCUT2D eigenvalue weighted by molar-refractivity contribution is 7.15. The lowest BCUT2D eigenvalue weighted by molar-refractivity contribution is 0.444. The minimum Gasteiger partial charge on any atom is -0.457 e. The molecule has 0 spiro atoms. The number of allylic oxidation sites excluding steroid dienone is 4. The molecule has 0 saturated heterocycles. The van der Waals surface area contributed by atoms with E-state index in [4.69, 9.17) is 4.74 Å². The summed E-state index contributed by atoms with van der Waals surface area (Å²) in [5, 5.41) is 0. The predicted octanol–water partition coefficient (Wildman–Crippen LogP) is 4.59. The van der Waals surface area contributed by atoms with Crippen molar-refractivity contribution in [3.63, 3.8) is 0 Å². The monoisotopic (exact) mass is 248 g/mol. The van der Waals surface area contributed by atoms with E-state index >= 15 is 0 Å². The minimum absolute atomic E-state index is 0.802. The molecule has 0 aromatic heterocycles. The van der Waals surface area contributed by atoms with Crippen LogP contribution in [0.1, 0.15) is 13.8 Å². The Morgan fingerprint density at radius 3 is 2.29 bits per heavy atom. The minimum atomic E-state index is 0.802. The van der Waals surface area contributed by atoms with Gasteiger partial charge >= 0.3 is 0 Å². The highest BCUT2D eigenvalue weighted by Gasteiger charge is 1.95. The molecule has 0 saturated carbocycles. The quantitative estimate of drug-likeness (QED) is 0.430. The molecule has 0 aliphatic heterocycles. The van der Waals surface area contributed by atoms with E-state index in [9.17, 15) is 0 Å². The number of rotatable bonds is 4. The van der Waals surface area contributed by atoms with Gasteiger partial charge in [0.15, 0.2) is 0 Å². The lowest BCUT2D eigenvalue weighted by Gasteiger charge is -2.06. The molecule has 1 atom stereocenters. The van der Waals surface area contributed by atoms with E-state index in [1.165, 1.54) is 0 Å². The van der Waals surface area contributed by atoms with Crippen molar-refractivity contribution in [3.8, 4) is 5.75 Å². The van der Waals surface area contributed by atoms with Gasteiger partial charge in [0.1, 0.15) is 11.5 Å². The van der Waals surface area contributed by atoms with Crippen LogP contribution in [0.5, 0.6) is 5.75 Å². The van der Waals surface area contributed by atoms with E-state index in [2.05, 4.69) is 15.8 Å². The Balaban J connectivity index is 0.00000121. The molecule has 1 rings (SSSR count). The molecule has 0 fully saturated rings. The summed E-state index contributed by atoms with van der Waals surface area (Å²) >= 11 is 0. The van der Waals surface area contributed by atoms with Gasteiger partial charge in [0.25, 0.3) is 0 Å². The lowest BCUT2D eigenvalue weighted by atomic mass is 10.3. The first-order valence-electron chi connectivity index (χ1n) is 5.53. The number of ether oxygens (including phenoxy) is 1.